The molecule has 0 aromatic heterocycles. The molecule has 131 valence electrons. The predicted molar refractivity (Wildman–Crippen MR) is 99.2 cm³/mol. The summed E-state index contributed by atoms with van der Waals surface area (Å²) in [4.78, 5) is 0. The van der Waals surface area contributed by atoms with Crippen LogP contribution in [0.1, 0.15) is 48.0 Å². The molecule has 1 aromatic carbocycles. The van der Waals surface area contributed by atoms with Crippen LogP contribution >= 0.6 is 0 Å². The van der Waals surface area contributed by atoms with Crippen molar-refractivity contribution < 1.29 is 31.3 Å². The molecular formula is C21H37OZr. The van der Waals surface area contributed by atoms with Gasteiger partial charge in [-0.2, -0.15) is 36.4 Å². The van der Waals surface area contributed by atoms with Gasteiger partial charge in [-0.1, -0.05) is 27.7 Å². The quantitative estimate of drug-likeness (QED) is 0.635. The van der Waals surface area contributed by atoms with Crippen LogP contribution in [-0.4, -0.2) is 10.7 Å². The minimum Gasteiger partial charge on any atom is -0.390 e. The molecule has 0 amide bonds. The first kappa shape index (κ1) is 27.9. The molecule has 0 heterocycles. The Bertz CT molecular complexity index is 330. The number of benzene rings is 1. The van der Waals surface area contributed by atoms with E-state index >= 15 is 0 Å². The largest absolute Gasteiger partial charge is 3.00 e. The van der Waals surface area contributed by atoms with E-state index in [-0.39, 0.29) is 41.1 Å². The van der Waals surface area contributed by atoms with Gasteiger partial charge in [0.2, 0.25) is 0 Å². The molecule has 23 heavy (non-hydrogen) atoms. The second-order valence-corrected chi connectivity index (χ2v) is 7.19. The third kappa shape index (κ3) is 9.20. The van der Waals surface area contributed by atoms with Crippen molar-refractivity contribution in [2.75, 3.05) is 0 Å². The zero-order valence-corrected chi connectivity index (χ0v) is 18.9. The van der Waals surface area contributed by atoms with Crippen LogP contribution in [0.4, 0.5) is 0 Å². The second-order valence-electron chi connectivity index (χ2n) is 7.19. The maximum Gasteiger partial charge on any atom is 3.00 e. The molecule has 2 rings (SSSR count). The number of rotatable bonds is 2. The fourth-order valence-electron chi connectivity index (χ4n) is 3.51. The van der Waals surface area contributed by atoms with Crippen LogP contribution in [0.3, 0.4) is 0 Å². The van der Waals surface area contributed by atoms with Crippen LogP contribution in [0, 0.1) is 50.5 Å². The van der Waals surface area contributed by atoms with Gasteiger partial charge in [-0.05, 0) is 49.9 Å². The normalized spacial score (nSPS) is 29.1. The Morgan fingerprint density at radius 2 is 1.22 bits per heavy atom. The Kier molecular flexibility index (Phi) is 15.1. The summed E-state index contributed by atoms with van der Waals surface area (Å²) < 4.78 is 0. The Morgan fingerprint density at radius 3 is 1.43 bits per heavy atom. The number of hydrogen-bond donors (Lipinski definition) is 1. The van der Waals surface area contributed by atoms with Crippen LogP contribution in [0.2, 0.25) is 0 Å². The number of hydrogen-bond acceptors (Lipinski definition) is 1. The SMILES string of the molecule is CC1C(C)C(CC(C)(C)O)[C@@H](C)C1C.[CH3-].[CH3-].[Zr+3].[c-]1ccccc1. The zero-order valence-electron chi connectivity index (χ0n) is 16.4. The van der Waals surface area contributed by atoms with Crippen molar-refractivity contribution in [1.82, 2.24) is 0 Å². The first-order valence-electron chi connectivity index (χ1n) is 7.87. The molecular weight excluding hydrogens is 359 g/mol. The topological polar surface area (TPSA) is 20.2 Å². The smallest absolute Gasteiger partial charge is 0.390 e. The van der Waals surface area contributed by atoms with Gasteiger partial charge in [0.15, 0.2) is 0 Å². The summed E-state index contributed by atoms with van der Waals surface area (Å²) in [6, 6.07) is 12.5. The van der Waals surface area contributed by atoms with Gasteiger partial charge in [0.25, 0.3) is 0 Å². The summed E-state index contributed by atoms with van der Waals surface area (Å²) in [7, 11) is 0. The Hall–Kier alpha value is 0.0631. The van der Waals surface area contributed by atoms with E-state index in [0.29, 0.717) is 5.92 Å². The van der Waals surface area contributed by atoms with Gasteiger partial charge < -0.3 is 20.0 Å². The average Bonchev–Trinajstić information content (AvgIpc) is 2.58. The molecule has 0 aliphatic heterocycles. The van der Waals surface area contributed by atoms with Gasteiger partial charge >= 0.3 is 26.2 Å². The minimum absolute atomic E-state index is 0. The van der Waals surface area contributed by atoms with E-state index in [1.165, 1.54) is 0 Å². The summed E-state index contributed by atoms with van der Waals surface area (Å²) in [6.07, 6.45) is 0.948. The van der Waals surface area contributed by atoms with E-state index < -0.39 is 5.60 Å². The van der Waals surface area contributed by atoms with Crippen LogP contribution in [0.15, 0.2) is 30.3 Å². The van der Waals surface area contributed by atoms with Crippen molar-refractivity contribution in [2.45, 2.75) is 53.6 Å². The Balaban J connectivity index is -0.000000382. The molecule has 2 heteroatoms. The van der Waals surface area contributed by atoms with Gasteiger partial charge in [0.05, 0.1) is 5.60 Å². The summed E-state index contributed by atoms with van der Waals surface area (Å²) in [5.41, 5.74) is -0.503. The standard InChI is InChI=1S/C13H26O.C6H5.2CH3.Zr/c1-8-9(2)11(4)12(10(8)3)7-13(5,6)14;1-2-4-6-5-3-1;;;/h8-12,14H,7H2,1-6H3;1-5H;2*1H3;/q;3*-1;+3/t8?,9?,10-,11?,12?;;;;/m0..../s1. The van der Waals surface area contributed by atoms with Gasteiger partial charge in [0, 0.05) is 0 Å². The van der Waals surface area contributed by atoms with E-state index in [1.807, 2.05) is 44.2 Å². The van der Waals surface area contributed by atoms with Crippen molar-refractivity contribution in [2.24, 2.45) is 29.6 Å². The molecule has 5 atom stereocenters. The van der Waals surface area contributed by atoms with E-state index in [4.69, 9.17) is 0 Å². The zero-order chi connectivity index (χ0) is 15.3. The second kappa shape index (κ2) is 12.4. The molecule has 0 saturated heterocycles. The Labute approximate surface area is 165 Å². The third-order valence-corrected chi connectivity index (χ3v) is 5.18. The maximum absolute atomic E-state index is 9.89. The molecule has 1 radical (unpaired) electrons. The van der Waals surface area contributed by atoms with Crippen LogP contribution in [0.5, 0.6) is 0 Å². The van der Waals surface area contributed by atoms with Crippen molar-refractivity contribution in [3.63, 3.8) is 0 Å². The summed E-state index contributed by atoms with van der Waals surface area (Å²) in [5, 5.41) is 9.89. The first-order valence-corrected chi connectivity index (χ1v) is 7.87. The van der Waals surface area contributed by atoms with E-state index in [9.17, 15) is 5.11 Å². The monoisotopic (exact) mass is 395 g/mol. The molecule has 1 aliphatic carbocycles. The van der Waals surface area contributed by atoms with Crippen LogP contribution < -0.4 is 0 Å². The fraction of sp³-hybridized carbons (Fsp3) is 0.619. The van der Waals surface area contributed by atoms with Gasteiger partial charge in [-0.3, -0.25) is 0 Å². The van der Waals surface area contributed by atoms with E-state index in [2.05, 4.69) is 33.8 Å². The third-order valence-electron chi connectivity index (χ3n) is 5.18. The van der Waals surface area contributed by atoms with Crippen molar-refractivity contribution in [3.05, 3.63) is 51.3 Å². The summed E-state index contributed by atoms with van der Waals surface area (Å²) in [5.74, 6) is 3.81. The van der Waals surface area contributed by atoms with E-state index in [0.717, 1.165) is 30.1 Å². The molecule has 4 unspecified atom stereocenters. The van der Waals surface area contributed by atoms with Crippen molar-refractivity contribution in [1.29, 1.82) is 0 Å². The average molecular weight is 397 g/mol. The van der Waals surface area contributed by atoms with Gasteiger partial charge in [0.1, 0.15) is 0 Å². The minimum atomic E-state index is -0.503. The number of aliphatic hydroxyl groups is 1. The van der Waals surface area contributed by atoms with Crippen molar-refractivity contribution in [3.8, 4) is 0 Å². The predicted octanol–water partition coefficient (Wildman–Crippen LogP) is 5.71. The Morgan fingerprint density at radius 1 is 0.826 bits per heavy atom. The molecule has 1 aromatic rings. The van der Waals surface area contributed by atoms with Crippen LogP contribution in [0.25, 0.3) is 0 Å². The van der Waals surface area contributed by atoms with E-state index in [1.54, 1.807) is 0 Å². The molecule has 1 N–H and O–H groups in total. The van der Waals surface area contributed by atoms with Crippen molar-refractivity contribution >= 4 is 0 Å². The molecule has 1 saturated carbocycles. The summed E-state index contributed by atoms with van der Waals surface area (Å²) >= 11 is 0. The fourth-order valence-corrected chi connectivity index (χ4v) is 3.51. The molecule has 1 fully saturated rings. The maximum atomic E-state index is 9.89. The van der Waals surface area contributed by atoms with Gasteiger partial charge in [-0.15, -0.1) is 0 Å². The molecule has 0 spiro atoms. The molecule has 1 nitrogen and oxygen atoms in total. The molecule has 0 bridgehead atoms. The van der Waals surface area contributed by atoms with Crippen LogP contribution in [-0.2, 0) is 26.2 Å². The summed E-state index contributed by atoms with van der Waals surface area (Å²) in [6.45, 7) is 13.3. The first-order chi connectivity index (χ1) is 9.24. The van der Waals surface area contributed by atoms with Gasteiger partial charge in [-0.25, -0.2) is 0 Å². The molecule has 1 aliphatic rings.